The second-order valence-electron chi connectivity index (χ2n) is 5.52. The molecule has 1 saturated heterocycles. The number of rotatable bonds is 3. The summed E-state index contributed by atoms with van der Waals surface area (Å²) in [6.45, 7) is 0. The van der Waals surface area contributed by atoms with E-state index >= 15 is 0 Å². The zero-order chi connectivity index (χ0) is 13.2. The number of nitrogens with one attached hydrogen (secondary N) is 1. The molecule has 1 saturated carbocycles. The van der Waals surface area contributed by atoms with Gasteiger partial charge >= 0.3 is 5.97 Å². The summed E-state index contributed by atoms with van der Waals surface area (Å²) in [7, 11) is -3.03. The number of carboxylic acids is 1. The van der Waals surface area contributed by atoms with Gasteiger partial charge in [-0.25, -0.2) is 8.42 Å². The highest BCUT2D eigenvalue weighted by Gasteiger charge is 2.44. The molecule has 2 aliphatic rings. The Morgan fingerprint density at radius 1 is 1.11 bits per heavy atom. The predicted molar refractivity (Wildman–Crippen MR) is 68.3 cm³/mol. The fourth-order valence-electron chi connectivity index (χ4n) is 2.94. The first-order valence-electron chi connectivity index (χ1n) is 6.65. The van der Waals surface area contributed by atoms with Gasteiger partial charge in [0.2, 0.25) is 0 Å². The molecule has 0 aromatic heterocycles. The number of sulfone groups is 1. The third-order valence-electron chi connectivity index (χ3n) is 4.17. The summed E-state index contributed by atoms with van der Waals surface area (Å²) in [5, 5.41) is 12.7. The summed E-state index contributed by atoms with van der Waals surface area (Å²) < 4.78 is 22.9. The van der Waals surface area contributed by atoms with E-state index < -0.39 is 21.3 Å². The molecule has 0 radical (unpaired) electrons. The Morgan fingerprint density at radius 2 is 1.67 bits per heavy atom. The van der Waals surface area contributed by atoms with Crippen LogP contribution in [0.4, 0.5) is 0 Å². The van der Waals surface area contributed by atoms with E-state index in [1.165, 1.54) is 6.42 Å². The standard InChI is InChI=1S/C12H21NO4S/c14-11(15)12(6-8-18(16,17)9-7-12)13-10-4-2-1-3-5-10/h10,13H,1-9H2,(H,14,15). The van der Waals surface area contributed by atoms with Crippen LogP contribution in [0.5, 0.6) is 0 Å². The van der Waals surface area contributed by atoms with Crippen LogP contribution >= 0.6 is 0 Å². The van der Waals surface area contributed by atoms with Gasteiger partial charge in [0.25, 0.3) is 0 Å². The maximum atomic E-state index is 11.5. The van der Waals surface area contributed by atoms with Crippen molar-refractivity contribution in [2.24, 2.45) is 0 Å². The van der Waals surface area contributed by atoms with Gasteiger partial charge in [0, 0.05) is 6.04 Å². The summed E-state index contributed by atoms with van der Waals surface area (Å²) in [4.78, 5) is 11.5. The summed E-state index contributed by atoms with van der Waals surface area (Å²) in [6.07, 6.45) is 5.87. The van der Waals surface area contributed by atoms with Crippen LogP contribution in [-0.2, 0) is 14.6 Å². The SMILES string of the molecule is O=C(O)C1(NC2CCCCC2)CCS(=O)(=O)CC1. The molecule has 0 aromatic carbocycles. The van der Waals surface area contributed by atoms with Crippen LogP contribution in [0, 0.1) is 0 Å². The van der Waals surface area contributed by atoms with Crippen molar-refractivity contribution < 1.29 is 18.3 Å². The largest absolute Gasteiger partial charge is 0.480 e. The van der Waals surface area contributed by atoms with Crippen molar-refractivity contribution in [1.29, 1.82) is 0 Å². The van der Waals surface area contributed by atoms with Gasteiger partial charge in [-0.05, 0) is 25.7 Å². The van der Waals surface area contributed by atoms with Crippen molar-refractivity contribution in [3.8, 4) is 0 Å². The Labute approximate surface area is 108 Å². The van der Waals surface area contributed by atoms with Crippen LogP contribution in [0.2, 0.25) is 0 Å². The highest BCUT2D eigenvalue weighted by molar-refractivity contribution is 7.91. The molecule has 6 heteroatoms. The zero-order valence-corrected chi connectivity index (χ0v) is 11.3. The smallest absolute Gasteiger partial charge is 0.323 e. The third-order valence-corrected chi connectivity index (χ3v) is 5.83. The number of carboxylic acid groups (broad SMARTS) is 1. The first-order valence-corrected chi connectivity index (χ1v) is 8.47. The van der Waals surface area contributed by atoms with E-state index in [2.05, 4.69) is 5.32 Å². The molecule has 2 N–H and O–H groups in total. The molecule has 18 heavy (non-hydrogen) atoms. The average Bonchev–Trinajstić information content (AvgIpc) is 2.33. The average molecular weight is 275 g/mol. The molecule has 1 heterocycles. The second kappa shape index (κ2) is 5.17. The van der Waals surface area contributed by atoms with Gasteiger partial charge in [-0.3, -0.25) is 10.1 Å². The monoisotopic (exact) mass is 275 g/mol. The lowest BCUT2D eigenvalue weighted by Gasteiger charge is -2.38. The zero-order valence-electron chi connectivity index (χ0n) is 10.5. The van der Waals surface area contributed by atoms with Crippen LogP contribution < -0.4 is 5.32 Å². The molecule has 5 nitrogen and oxygen atoms in total. The Bertz CT molecular complexity index is 398. The molecule has 1 aliphatic carbocycles. The van der Waals surface area contributed by atoms with E-state index in [1.807, 2.05) is 0 Å². The minimum absolute atomic E-state index is 0.0149. The Morgan fingerprint density at radius 3 is 2.17 bits per heavy atom. The highest BCUT2D eigenvalue weighted by Crippen LogP contribution is 2.28. The topological polar surface area (TPSA) is 83.5 Å². The summed E-state index contributed by atoms with van der Waals surface area (Å²) in [5.74, 6) is -0.930. The van der Waals surface area contributed by atoms with Crippen molar-refractivity contribution in [1.82, 2.24) is 5.32 Å². The van der Waals surface area contributed by atoms with Crippen LogP contribution in [-0.4, -0.2) is 42.6 Å². The van der Waals surface area contributed by atoms with Gasteiger partial charge in [0.1, 0.15) is 15.4 Å². The molecule has 2 rings (SSSR count). The van der Waals surface area contributed by atoms with E-state index in [0.717, 1.165) is 25.7 Å². The highest BCUT2D eigenvalue weighted by atomic mass is 32.2. The van der Waals surface area contributed by atoms with Crippen molar-refractivity contribution >= 4 is 15.8 Å². The number of hydrogen-bond donors (Lipinski definition) is 2. The van der Waals surface area contributed by atoms with E-state index in [9.17, 15) is 18.3 Å². The molecule has 1 aliphatic heterocycles. The van der Waals surface area contributed by atoms with Crippen LogP contribution in [0.1, 0.15) is 44.9 Å². The Balaban J connectivity index is 2.05. The quantitative estimate of drug-likeness (QED) is 0.801. The van der Waals surface area contributed by atoms with Crippen LogP contribution in [0.3, 0.4) is 0 Å². The summed E-state index contributed by atoms with van der Waals surface area (Å²) in [5.41, 5.74) is -1.02. The van der Waals surface area contributed by atoms with Gasteiger partial charge in [0.15, 0.2) is 0 Å². The minimum Gasteiger partial charge on any atom is -0.480 e. The number of carbonyl (C=O) groups is 1. The molecule has 0 amide bonds. The molecule has 0 bridgehead atoms. The fraction of sp³-hybridized carbons (Fsp3) is 0.917. The lowest BCUT2D eigenvalue weighted by atomic mass is 9.87. The Hall–Kier alpha value is -0.620. The summed E-state index contributed by atoms with van der Waals surface area (Å²) >= 11 is 0. The molecular weight excluding hydrogens is 254 g/mol. The summed E-state index contributed by atoms with van der Waals surface area (Å²) in [6, 6.07) is 0.232. The van der Waals surface area contributed by atoms with Crippen molar-refractivity contribution in [3.05, 3.63) is 0 Å². The van der Waals surface area contributed by atoms with Gasteiger partial charge < -0.3 is 5.11 Å². The molecule has 0 spiro atoms. The van der Waals surface area contributed by atoms with Crippen LogP contribution in [0.25, 0.3) is 0 Å². The molecule has 104 valence electrons. The Kier molecular flexibility index (Phi) is 3.96. The van der Waals surface area contributed by atoms with Crippen molar-refractivity contribution in [2.45, 2.75) is 56.5 Å². The predicted octanol–water partition coefficient (Wildman–Crippen LogP) is 0.941. The van der Waals surface area contributed by atoms with E-state index in [1.54, 1.807) is 0 Å². The molecule has 2 fully saturated rings. The molecular formula is C12H21NO4S. The third kappa shape index (κ3) is 3.03. The van der Waals surface area contributed by atoms with Gasteiger partial charge in [0.05, 0.1) is 11.5 Å². The van der Waals surface area contributed by atoms with Gasteiger partial charge in [-0.1, -0.05) is 19.3 Å². The minimum atomic E-state index is -3.03. The molecule has 0 unspecified atom stereocenters. The van der Waals surface area contributed by atoms with Crippen LogP contribution in [0.15, 0.2) is 0 Å². The van der Waals surface area contributed by atoms with E-state index in [-0.39, 0.29) is 30.4 Å². The second-order valence-corrected chi connectivity index (χ2v) is 7.82. The first-order chi connectivity index (χ1) is 8.44. The van der Waals surface area contributed by atoms with E-state index in [4.69, 9.17) is 0 Å². The first kappa shape index (κ1) is 13.8. The number of aliphatic carboxylic acids is 1. The number of hydrogen-bond acceptors (Lipinski definition) is 4. The lowest BCUT2D eigenvalue weighted by molar-refractivity contribution is -0.145. The van der Waals surface area contributed by atoms with E-state index in [0.29, 0.717) is 0 Å². The normalized spacial score (nSPS) is 27.8. The van der Waals surface area contributed by atoms with Gasteiger partial charge in [-0.2, -0.15) is 0 Å². The van der Waals surface area contributed by atoms with Crippen molar-refractivity contribution in [3.63, 3.8) is 0 Å². The van der Waals surface area contributed by atoms with Crippen molar-refractivity contribution in [2.75, 3.05) is 11.5 Å². The molecule has 0 atom stereocenters. The maximum absolute atomic E-state index is 11.5. The lowest BCUT2D eigenvalue weighted by Crippen LogP contribution is -2.59. The maximum Gasteiger partial charge on any atom is 0.323 e. The van der Waals surface area contributed by atoms with Gasteiger partial charge in [-0.15, -0.1) is 0 Å². The molecule has 0 aromatic rings. The fourth-order valence-corrected chi connectivity index (χ4v) is 4.47.